The number of nitrogens with one attached hydrogen (secondary N) is 4. The first-order valence-corrected chi connectivity index (χ1v) is 13.4. The lowest BCUT2D eigenvalue weighted by Gasteiger charge is -2.28. The molecule has 3 amide bonds. The maximum absolute atomic E-state index is 13.6. The van der Waals surface area contributed by atoms with E-state index in [0.717, 1.165) is 16.5 Å². The van der Waals surface area contributed by atoms with Crippen molar-refractivity contribution in [1.29, 1.82) is 0 Å². The molecule has 38 heavy (non-hydrogen) atoms. The van der Waals surface area contributed by atoms with Crippen LogP contribution in [0.3, 0.4) is 0 Å². The Kier molecular flexibility index (Phi) is 11.3. The van der Waals surface area contributed by atoms with Crippen LogP contribution < -0.4 is 21.7 Å². The van der Waals surface area contributed by atoms with Gasteiger partial charge < -0.3 is 31.8 Å². The van der Waals surface area contributed by atoms with E-state index in [1.54, 1.807) is 27.0 Å². The van der Waals surface area contributed by atoms with E-state index >= 15 is 0 Å². The number of aliphatic carboxylic acids is 1. The van der Waals surface area contributed by atoms with Gasteiger partial charge >= 0.3 is 5.97 Å². The van der Waals surface area contributed by atoms with Gasteiger partial charge in [0, 0.05) is 23.5 Å². The third kappa shape index (κ3) is 7.80. The van der Waals surface area contributed by atoms with Crippen molar-refractivity contribution in [3.63, 3.8) is 0 Å². The van der Waals surface area contributed by atoms with Gasteiger partial charge in [0.2, 0.25) is 17.7 Å². The molecule has 0 radical (unpaired) electrons. The molecule has 0 aliphatic heterocycles. The number of carbonyl (C=O) groups excluding carboxylic acids is 3. The average Bonchev–Trinajstić information content (AvgIpc) is 3.30. The molecule has 0 saturated heterocycles. The minimum Gasteiger partial charge on any atom is -0.480 e. The van der Waals surface area contributed by atoms with Crippen LogP contribution in [0.25, 0.3) is 10.9 Å². The number of fused-ring (bicyclic) bond motifs is 1. The average molecular weight is 530 g/mol. The SMILES string of the molecule is CCC(C)C(N)C(=O)NC(Cc1c[nH]c2ccccc12)C(=O)NC(C(=O)NC(C(=O)O)C(C)CC)C(C)C. The number of carboxylic acids is 1. The summed E-state index contributed by atoms with van der Waals surface area (Å²) in [6, 6.07) is 3.75. The van der Waals surface area contributed by atoms with Gasteiger partial charge in [-0.25, -0.2) is 4.79 Å². The van der Waals surface area contributed by atoms with Crippen molar-refractivity contribution < 1.29 is 24.3 Å². The van der Waals surface area contributed by atoms with Crippen LogP contribution in [0, 0.1) is 17.8 Å². The summed E-state index contributed by atoms with van der Waals surface area (Å²) in [5.74, 6) is -3.45. The number of hydrogen-bond donors (Lipinski definition) is 6. The summed E-state index contributed by atoms with van der Waals surface area (Å²) in [5.41, 5.74) is 7.86. The van der Waals surface area contributed by atoms with E-state index in [1.807, 2.05) is 45.0 Å². The number of hydrogen-bond acceptors (Lipinski definition) is 5. The van der Waals surface area contributed by atoms with Crippen LogP contribution in [-0.2, 0) is 25.6 Å². The van der Waals surface area contributed by atoms with Crippen LogP contribution in [0.2, 0.25) is 0 Å². The quantitative estimate of drug-likeness (QED) is 0.220. The third-order valence-electron chi connectivity index (χ3n) is 7.32. The molecule has 0 spiro atoms. The molecule has 1 aromatic heterocycles. The number of para-hydroxylation sites is 1. The third-order valence-corrected chi connectivity index (χ3v) is 7.32. The summed E-state index contributed by atoms with van der Waals surface area (Å²) >= 11 is 0. The van der Waals surface area contributed by atoms with Crippen molar-refractivity contribution in [2.24, 2.45) is 23.5 Å². The molecule has 6 atom stereocenters. The van der Waals surface area contributed by atoms with Gasteiger partial charge in [-0.3, -0.25) is 14.4 Å². The fourth-order valence-electron chi connectivity index (χ4n) is 4.22. The van der Waals surface area contributed by atoms with Crippen LogP contribution in [0.1, 0.15) is 59.9 Å². The van der Waals surface area contributed by atoms with Gasteiger partial charge in [-0.2, -0.15) is 0 Å². The Morgan fingerprint density at radius 1 is 0.868 bits per heavy atom. The van der Waals surface area contributed by atoms with E-state index in [1.165, 1.54) is 0 Å². The highest BCUT2D eigenvalue weighted by Crippen LogP contribution is 2.20. The lowest BCUT2D eigenvalue weighted by molar-refractivity contribution is -0.144. The summed E-state index contributed by atoms with van der Waals surface area (Å²) in [6.45, 7) is 10.9. The van der Waals surface area contributed by atoms with Gasteiger partial charge in [0.05, 0.1) is 6.04 Å². The Balaban J connectivity index is 2.31. The van der Waals surface area contributed by atoms with Gasteiger partial charge in [0.15, 0.2) is 0 Å². The molecule has 0 saturated carbocycles. The van der Waals surface area contributed by atoms with Gasteiger partial charge in [0.25, 0.3) is 0 Å². The molecule has 10 nitrogen and oxygen atoms in total. The molecular weight excluding hydrogens is 486 g/mol. The fourth-order valence-corrected chi connectivity index (χ4v) is 4.22. The number of H-pyrrole nitrogens is 1. The number of amides is 3. The Hall–Kier alpha value is -3.40. The number of benzene rings is 1. The van der Waals surface area contributed by atoms with Crippen LogP contribution in [0.4, 0.5) is 0 Å². The van der Waals surface area contributed by atoms with Crippen molar-refractivity contribution in [3.8, 4) is 0 Å². The largest absolute Gasteiger partial charge is 0.480 e. The van der Waals surface area contributed by atoms with Crippen LogP contribution in [0.5, 0.6) is 0 Å². The molecule has 0 fully saturated rings. The molecule has 210 valence electrons. The minimum absolute atomic E-state index is 0.0884. The molecular formula is C28H43N5O5. The summed E-state index contributed by atoms with van der Waals surface area (Å²) in [5, 5.41) is 18.6. The van der Waals surface area contributed by atoms with E-state index in [4.69, 9.17) is 5.73 Å². The molecule has 1 heterocycles. The highest BCUT2D eigenvalue weighted by Gasteiger charge is 2.34. The topological polar surface area (TPSA) is 166 Å². The maximum Gasteiger partial charge on any atom is 0.326 e. The molecule has 0 aliphatic carbocycles. The second-order valence-electron chi connectivity index (χ2n) is 10.5. The zero-order valence-electron chi connectivity index (χ0n) is 23.2. The van der Waals surface area contributed by atoms with Gasteiger partial charge in [0.1, 0.15) is 18.1 Å². The molecule has 2 rings (SSSR count). The normalized spacial score (nSPS) is 16.2. The molecule has 10 heteroatoms. The first-order chi connectivity index (χ1) is 17.9. The lowest BCUT2D eigenvalue weighted by atomic mass is 9.96. The van der Waals surface area contributed by atoms with Crippen molar-refractivity contribution in [3.05, 3.63) is 36.0 Å². The smallest absolute Gasteiger partial charge is 0.326 e. The van der Waals surface area contributed by atoms with Gasteiger partial charge in [-0.1, -0.05) is 72.6 Å². The zero-order chi connectivity index (χ0) is 28.6. The molecule has 2 aromatic rings. The van der Waals surface area contributed by atoms with Crippen molar-refractivity contribution in [2.75, 3.05) is 0 Å². The minimum atomic E-state index is -1.13. The monoisotopic (exact) mass is 529 g/mol. The number of aromatic amines is 1. The number of aromatic nitrogens is 1. The van der Waals surface area contributed by atoms with Crippen LogP contribution >= 0.6 is 0 Å². The van der Waals surface area contributed by atoms with E-state index in [0.29, 0.717) is 12.8 Å². The lowest BCUT2D eigenvalue weighted by Crippen LogP contribution is -2.59. The summed E-state index contributed by atoms with van der Waals surface area (Å²) in [6.07, 6.45) is 3.23. The highest BCUT2D eigenvalue weighted by molar-refractivity contribution is 5.95. The summed E-state index contributed by atoms with van der Waals surface area (Å²) < 4.78 is 0. The number of rotatable bonds is 14. The van der Waals surface area contributed by atoms with Crippen LogP contribution in [-0.4, -0.2) is 57.9 Å². The number of nitrogens with two attached hydrogens (primary N) is 1. The second kappa shape index (κ2) is 13.9. The summed E-state index contributed by atoms with van der Waals surface area (Å²) in [4.78, 5) is 54.6. The maximum atomic E-state index is 13.6. The Morgan fingerprint density at radius 3 is 2.05 bits per heavy atom. The van der Waals surface area contributed by atoms with E-state index in [2.05, 4.69) is 20.9 Å². The first kappa shape index (κ1) is 30.8. The summed E-state index contributed by atoms with van der Waals surface area (Å²) in [7, 11) is 0. The van der Waals surface area contributed by atoms with Gasteiger partial charge in [-0.15, -0.1) is 0 Å². The molecule has 6 unspecified atom stereocenters. The molecule has 1 aromatic carbocycles. The molecule has 0 aliphatic rings. The van der Waals surface area contributed by atoms with Crippen molar-refractivity contribution in [1.82, 2.24) is 20.9 Å². The molecule has 7 N–H and O–H groups in total. The Bertz CT molecular complexity index is 1110. The highest BCUT2D eigenvalue weighted by atomic mass is 16.4. The Labute approximate surface area is 224 Å². The standard InChI is InChI=1S/C28H43N5O5/c1-7-16(5)22(29)26(35)31-21(13-18-14-30-20-12-10-9-11-19(18)20)25(34)32-23(15(3)4)27(36)33-24(28(37)38)17(6)8-2/h9-12,14-17,21-24,30H,7-8,13,29H2,1-6H3,(H,31,35)(H,32,34)(H,33,36)(H,37,38). The zero-order valence-corrected chi connectivity index (χ0v) is 23.2. The predicted molar refractivity (Wildman–Crippen MR) is 147 cm³/mol. The number of carbonyl (C=O) groups is 4. The van der Waals surface area contributed by atoms with E-state index < -0.39 is 47.9 Å². The fraction of sp³-hybridized carbons (Fsp3) is 0.571. The number of carboxylic acid groups (broad SMARTS) is 1. The van der Waals surface area contributed by atoms with E-state index in [9.17, 15) is 24.3 Å². The van der Waals surface area contributed by atoms with E-state index in [-0.39, 0.29) is 24.2 Å². The predicted octanol–water partition coefficient (Wildman–Crippen LogP) is 2.32. The van der Waals surface area contributed by atoms with Gasteiger partial charge in [-0.05, 0) is 29.4 Å². The van der Waals surface area contributed by atoms with Crippen molar-refractivity contribution in [2.45, 2.75) is 85.0 Å². The van der Waals surface area contributed by atoms with Crippen LogP contribution in [0.15, 0.2) is 30.5 Å². The first-order valence-electron chi connectivity index (χ1n) is 13.4. The second-order valence-corrected chi connectivity index (χ2v) is 10.5. The molecule has 0 bridgehead atoms. The Morgan fingerprint density at radius 2 is 1.47 bits per heavy atom. The van der Waals surface area contributed by atoms with Crippen molar-refractivity contribution >= 4 is 34.6 Å².